The Balaban J connectivity index is 2.10. The van der Waals surface area contributed by atoms with Crippen LogP contribution in [0.2, 0.25) is 0 Å². The monoisotopic (exact) mass is 365 g/mol. The molecule has 2 aromatic heterocycles. The van der Waals surface area contributed by atoms with E-state index in [0.717, 1.165) is 15.1 Å². The summed E-state index contributed by atoms with van der Waals surface area (Å²) < 4.78 is 32.4. The molecule has 0 amide bonds. The Bertz CT molecular complexity index is 646. The molecule has 0 aliphatic carbocycles. The maximum absolute atomic E-state index is 12.0. The molecule has 2 rings (SSSR count). The van der Waals surface area contributed by atoms with Crippen molar-refractivity contribution in [1.82, 2.24) is 4.72 Å². The lowest BCUT2D eigenvalue weighted by Gasteiger charge is -2.20. The molecule has 19 heavy (non-hydrogen) atoms. The quantitative estimate of drug-likeness (QED) is 0.851. The van der Waals surface area contributed by atoms with Crippen LogP contribution in [0, 0.1) is 0 Å². The lowest BCUT2D eigenvalue weighted by molar-refractivity contribution is 0.0396. The van der Waals surface area contributed by atoms with Crippen molar-refractivity contribution in [3.05, 3.63) is 40.1 Å². The van der Waals surface area contributed by atoms with Gasteiger partial charge in [0.25, 0.3) is 0 Å². The number of furan rings is 1. The normalized spacial score (nSPS) is 15.3. The number of rotatable bonds is 5. The molecule has 1 unspecified atom stereocenters. The van der Waals surface area contributed by atoms with Gasteiger partial charge in [-0.05, 0) is 47.1 Å². The Morgan fingerprint density at radius 1 is 1.47 bits per heavy atom. The predicted molar refractivity (Wildman–Crippen MR) is 75.5 cm³/mol. The summed E-state index contributed by atoms with van der Waals surface area (Å²) in [4.78, 5) is 0. The van der Waals surface area contributed by atoms with Crippen LogP contribution in [0.15, 0.2) is 42.9 Å². The van der Waals surface area contributed by atoms with E-state index >= 15 is 0 Å². The van der Waals surface area contributed by atoms with E-state index in [4.69, 9.17) is 4.42 Å². The molecule has 104 valence electrons. The molecule has 0 bridgehead atoms. The molecule has 5 nitrogen and oxygen atoms in total. The molecule has 0 saturated carbocycles. The number of nitrogens with one attached hydrogen (secondary N) is 1. The highest BCUT2D eigenvalue weighted by Gasteiger charge is 2.29. The van der Waals surface area contributed by atoms with Gasteiger partial charge in [0.15, 0.2) is 0 Å². The van der Waals surface area contributed by atoms with E-state index < -0.39 is 15.6 Å². The van der Waals surface area contributed by atoms with Crippen LogP contribution in [0.1, 0.15) is 12.7 Å². The van der Waals surface area contributed by atoms with Crippen molar-refractivity contribution in [2.75, 3.05) is 6.54 Å². The highest BCUT2D eigenvalue weighted by atomic mass is 79.9. The van der Waals surface area contributed by atoms with Gasteiger partial charge in [0.05, 0.1) is 10.0 Å². The van der Waals surface area contributed by atoms with Crippen molar-refractivity contribution >= 4 is 37.3 Å². The SMILES string of the molecule is CC(O)(CNS(=O)(=O)c1ccc(Br)s1)c1ccco1. The van der Waals surface area contributed by atoms with E-state index in [9.17, 15) is 13.5 Å². The molecular formula is C11H12BrNO4S2. The lowest BCUT2D eigenvalue weighted by Crippen LogP contribution is -2.38. The fourth-order valence-corrected chi connectivity index (χ4v) is 4.61. The summed E-state index contributed by atoms with van der Waals surface area (Å²) in [5.41, 5.74) is -1.40. The van der Waals surface area contributed by atoms with Gasteiger partial charge in [-0.1, -0.05) is 0 Å². The van der Waals surface area contributed by atoms with Gasteiger partial charge in [0, 0.05) is 6.54 Å². The summed E-state index contributed by atoms with van der Waals surface area (Å²) in [5.74, 6) is 0.308. The molecule has 1 atom stereocenters. The van der Waals surface area contributed by atoms with Gasteiger partial charge in [-0.3, -0.25) is 0 Å². The highest BCUT2D eigenvalue weighted by molar-refractivity contribution is 9.11. The Morgan fingerprint density at radius 2 is 2.21 bits per heavy atom. The van der Waals surface area contributed by atoms with Crippen molar-refractivity contribution in [3.8, 4) is 0 Å². The van der Waals surface area contributed by atoms with Crippen molar-refractivity contribution < 1.29 is 17.9 Å². The first kappa shape index (κ1) is 14.7. The summed E-state index contributed by atoms with van der Waals surface area (Å²) in [6.07, 6.45) is 1.43. The molecule has 0 fully saturated rings. The molecule has 0 aliphatic rings. The second-order valence-electron chi connectivity index (χ2n) is 4.13. The molecule has 0 aromatic carbocycles. The van der Waals surface area contributed by atoms with Crippen LogP contribution < -0.4 is 4.72 Å². The second kappa shape index (κ2) is 5.37. The summed E-state index contributed by atoms with van der Waals surface area (Å²) in [6, 6.07) is 6.38. The number of halogens is 1. The molecule has 2 aromatic rings. The predicted octanol–water partition coefficient (Wildman–Crippen LogP) is 2.29. The maximum atomic E-state index is 12.0. The zero-order valence-electron chi connectivity index (χ0n) is 9.96. The second-order valence-corrected chi connectivity index (χ2v) is 8.59. The molecule has 0 saturated heterocycles. The fraction of sp³-hybridized carbons (Fsp3) is 0.273. The van der Waals surface area contributed by atoms with Crippen LogP contribution in [0.5, 0.6) is 0 Å². The van der Waals surface area contributed by atoms with E-state index in [1.54, 1.807) is 18.2 Å². The standard InChI is InChI=1S/C11H12BrNO4S2/c1-11(14,8-3-2-6-17-8)7-13-19(15,16)10-5-4-9(12)18-10/h2-6,13-14H,7H2,1H3. The third-order valence-electron chi connectivity index (χ3n) is 2.47. The van der Waals surface area contributed by atoms with Crippen LogP contribution in [0.4, 0.5) is 0 Å². The highest BCUT2D eigenvalue weighted by Crippen LogP contribution is 2.26. The van der Waals surface area contributed by atoms with Crippen molar-refractivity contribution in [2.24, 2.45) is 0 Å². The van der Waals surface area contributed by atoms with Crippen molar-refractivity contribution in [1.29, 1.82) is 0 Å². The summed E-state index contributed by atoms with van der Waals surface area (Å²) in [5, 5.41) is 10.2. The van der Waals surface area contributed by atoms with Crippen LogP contribution in [0.3, 0.4) is 0 Å². The van der Waals surface area contributed by atoms with Crippen molar-refractivity contribution in [2.45, 2.75) is 16.7 Å². The van der Waals surface area contributed by atoms with Gasteiger partial charge in [-0.25, -0.2) is 13.1 Å². The van der Waals surface area contributed by atoms with E-state index in [-0.39, 0.29) is 10.8 Å². The van der Waals surface area contributed by atoms with Gasteiger partial charge >= 0.3 is 0 Å². The molecule has 2 heterocycles. The van der Waals surface area contributed by atoms with E-state index in [0.29, 0.717) is 5.76 Å². The fourth-order valence-electron chi connectivity index (χ4n) is 1.42. The van der Waals surface area contributed by atoms with Crippen LogP contribution in [-0.4, -0.2) is 20.1 Å². The van der Waals surface area contributed by atoms with Gasteiger partial charge in [-0.2, -0.15) is 0 Å². The molecule has 2 N–H and O–H groups in total. The average Bonchev–Trinajstić information content (AvgIpc) is 2.97. The lowest BCUT2D eigenvalue weighted by atomic mass is 10.1. The van der Waals surface area contributed by atoms with E-state index in [1.807, 2.05) is 0 Å². The molecule has 8 heteroatoms. The third-order valence-corrected chi connectivity index (χ3v) is 5.99. The van der Waals surface area contributed by atoms with E-state index in [2.05, 4.69) is 20.7 Å². The molecule has 0 spiro atoms. The van der Waals surface area contributed by atoms with Crippen molar-refractivity contribution in [3.63, 3.8) is 0 Å². The third kappa shape index (κ3) is 3.46. The first-order valence-corrected chi connectivity index (χ1v) is 8.42. The number of sulfonamides is 1. The number of aliphatic hydroxyl groups is 1. The minimum absolute atomic E-state index is 0.168. The Hall–Kier alpha value is -0.670. The number of hydrogen-bond acceptors (Lipinski definition) is 5. The number of thiophene rings is 1. The smallest absolute Gasteiger partial charge is 0.250 e. The summed E-state index contributed by atoms with van der Waals surface area (Å²) in [6.45, 7) is 1.32. The summed E-state index contributed by atoms with van der Waals surface area (Å²) in [7, 11) is -3.63. The largest absolute Gasteiger partial charge is 0.466 e. The Kier molecular flexibility index (Phi) is 4.17. The van der Waals surface area contributed by atoms with Gasteiger partial charge in [-0.15, -0.1) is 11.3 Å². The first-order valence-electron chi connectivity index (χ1n) is 5.33. The Morgan fingerprint density at radius 3 is 2.74 bits per heavy atom. The minimum atomic E-state index is -3.63. The van der Waals surface area contributed by atoms with E-state index in [1.165, 1.54) is 19.3 Å². The maximum Gasteiger partial charge on any atom is 0.250 e. The zero-order chi connectivity index (χ0) is 14.1. The zero-order valence-corrected chi connectivity index (χ0v) is 13.2. The first-order chi connectivity index (χ1) is 8.81. The molecule has 0 aliphatic heterocycles. The van der Waals surface area contributed by atoms with Crippen LogP contribution in [-0.2, 0) is 15.6 Å². The van der Waals surface area contributed by atoms with Crippen LogP contribution in [0.25, 0.3) is 0 Å². The number of hydrogen-bond donors (Lipinski definition) is 2. The minimum Gasteiger partial charge on any atom is -0.466 e. The molecular weight excluding hydrogens is 354 g/mol. The molecule has 0 radical (unpaired) electrons. The summed E-state index contributed by atoms with van der Waals surface area (Å²) >= 11 is 4.31. The van der Waals surface area contributed by atoms with Gasteiger partial charge < -0.3 is 9.52 Å². The van der Waals surface area contributed by atoms with Gasteiger partial charge in [0.2, 0.25) is 10.0 Å². The van der Waals surface area contributed by atoms with Gasteiger partial charge in [0.1, 0.15) is 15.6 Å². The van der Waals surface area contributed by atoms with Crippen LogP contribution >= 0.6 is 27.3 Å². The average molecular weight is 366 g/mol. The Labute approximate surface area is 123 Å². The topological polar surface area (TPSA) is 79.5 Å².